The maximum Gasteiger partial charge on any atom is 0.278 e. The summed E-state index contributed by atoms with van der Waals surface area (Å²) < 4.78 is 2.03. The van der Waals surface area contributed by atoms with Crippen molar-refractivity contribution < 1.29 is 4.92 Å². The van der Waals surface area contributed by atoms with E-state index < -0.39 is 0 Å². The van der Waals surface area contributed by atoms with E-state index in [9.17, 15) is 10.1 Å². The standard InChI is InChI=1S/C13H10N2O2S/c16-15(17)13-3-1-2-12-11(13)4-6-14(12)8-10-5-7-18-9-10/h1-7,9H,8H2. The summed E-state index contributed by atoms with van der Waals surface area (Å²) in [5.41, 5.74) is 2.27. The van der Waals surface area contributed by atoms with Gasteiger partial charge in [0.2, 0.25) is 0 Å². The van der Waals surface area contributed by atoms with Crippen LogP contribution in [-0.4, -0.2) is 9.49 Å². The first-order valence-electron chi connectivity index (χ1n) is 5.49. The minimum absolute atomic E-state index is 0.163. The van der Waals surface area contributed by atoms with E-state index in [1.165, 1.54) is 11.6 Å². The highest BCUT2D eigenvalue weighted by Gasteiger charge is 2.13. The van der Waals surface area contributed by atoms with Gasteiger partial charge in [-0.25, -0.2) is 0 Å². The van der Waals surface area contributed by atoms with Crippen LogP contribution in [0.25, 0.3) is 10.9 Å². The van der Waals surface area contributed by atoms with Gasteiger partial charge in [0, 0.05) is 18.8 Å². The molecular weight excluding hydrogens is 248 g/mol. The molecule has 0 aliphatic carbocycles. The summed E-state index contributed by atoms with van der Waals surface area (Å²) in [4.78, 5) is 10.6. The number of fused-ring (bicyclic) bond motifs is 1. The van der Waals surface area contributed by atoms with Crippen LogP contribution in [0.2, 0.25) is 0 Å². The van der Waals surface area contributed by atoms with Gasteiger partial charge in [0.15, 0.2) is 0 Å². The van der Waals surface area contributed by atoms with E-state index in [2.05, 4.69) is 11.4 Å². The van der Waals surface area contributed by atoms with Gasteiger partial charge in [0.25, 0.3) is 5.69 Å². The Balaban J connectivity index is 2.09. The fourth-order valence-electron chi connectivity index (χ4n) is 2.08. The maximum atomic E-state index is 10.9. The van der Waals surface area contributed by atoms with Crippen LogP contribution in [-0.2, 0) is 6.54 Å². The molecular formula is C13H10N2O2S. The van der Waals surface area contributed by atoms with E-state index >= 15 is 0 Å². The summed E-state index contributed by atoms with van der Waals surface area (Å²) >= 11 is 1.65. The Morgan fingerprint density at radius 1 is 1.28 bits per heavy atom. The molecule has 0 bridgehead atoms. The van der Waals surface area contributed by atoms with Gasteiger partial charge in [-0.05, 0) is 34.5 Å². The maximum absolute atomic E-state index is 10.9. The third-order valence-electron chi connectivity index (χ3n) is 2.92. The van der Waals surface area contributed by atoms with Gasteiger partial charge in [-0.2, -0.15) is 11.3 Å². The Morgan fingerprint density at radius 2 is 2.17 bits per heavy atom. The molecule has 0 radical (unpaired) electrons. The van der Waals surface area contributed by atoms with Crippen LogP contribution in [0.1, 0.15) is 5.56 Å². The molecule has 0 saturated carbocycles. The van der Waals surface area contributed by atoms with Crippen LogP contribution in [0, 0.1) is 10.1 Å². The Bertz CT molecular complexity index is 701. The highest BCUT2D eigenvalue weighted by atomic mass is 32.1. The third-order valence-corrected chi connectivity index (χ3v) is 3.65. The molecule has 4 nitrogen and oxygen atoms in total. The second kappa shape index (κ2) is 4.27. The van der Waals surface area contributed by atoms with Crippen LogP contribution in [0.5, 0.6) is 0 Å². The van der Waals surface area contributed by atoms with Gasteiger partial charge in [-0.3, -0.25) is 10.1 Å². The quantitative estimate of drug-likeness (QED) is 0.531. The van der Waals surface area contributed by atoms with E-state index in [0.717, 1.165) is 12.1 Å². The second-order valence-corrected chi connectivity index (χ2v) is 4.82. The van der Waals surface area contributed by atoms with Crippen LogP contribution < -0.4 is 0 Å². The number of nitro benzene ring substituents is 1. The first-order chi connectivity index (χ1) is 8.75. The average Bonchev–Trinajstić information content (AvgIpc) is 2.99. The Kier molecular flexibility index (Phi) is 2.60. The van der Waals surface area contributed by atoms with Crippen molar-refractivity contribution >= 4 is 27.9 Å². The molecule has 0 amide bonds. The van der Waals surface area contributed by atoms with Crippen molar-refractivity contribution in [1.82, 2.24) is 4.57 Å². The van der Waals surface area contributed by atoms with Crippen LogP contribution >= 0.6 is 11.3 Å². The monoisotopic (exact) mass is 258 g/mol. The predicted molar refractivity (Wildman–Crippen MR) is 72.0 cm³/mol. The van der Waals surface area contributed by atoms with Crippen molar-refractivity contribution in [3.63, 3.8) is 0 Å². The minimum Gasteiger partial charge on any atom is -0.343 e. The van der Waals surface area contributed by atoms with Crippen LogP contribution in [0.4, 0.5) is 5.69 Å². The summed E-state index contributed by atoms with van der Waals surface area (Å²) in [5.74, 6) is 0. The normalized spacial score (nSPS) is 10.9. The first-order valence-corrected chi connectivity index (χ1v) is 6.43. The largest absolute Gasteiger partial charge is 0.343 e. The molecule has 90 valence electrons. The number of thiophene rings is 1. The predicted octanol–water partition coefficient (Wildman–Crippen LogP) is 3.66. The molecule has 2 heterocycles. The van der Waals surface area contributed by atoms with Gasteiger partial charge < -0.3 is 4.57 Å². The molecule has 3 rings (SSSR count). The Hall–Kier alpha value is -2.14. The number of rotatable bonds is 3. The van der Waals surface area contributed by atoms with Gasteiger partial charge in [-0.15, -0.1) is 0 Å². The van der Waals surface area contributed by atoms with Crippen LogP contribution in [0.3, 0.4) is 0 Å². The van der Waals surface area contributed by atoms with E-state index in [1.54, 1.807) is 23.5 Å². The molecule has 0 aliphatic rings. The number of hydrogen-bond donors (Lipinski definition) is 0. The highest BCUT2D eigenvalue weighted by molar-refractivity contribution is 7.07. The zero-order valence-corrected chi connectivity index (χ0v) is 10.3. The lowest BCUT2D eigenvalue weighted by Gasteiger charge is -2.03. The van der Waals surface area contributed by atoms with Crippen LogP contribution in [0.15, 0.2) is 47.3 Å². The lowest BCUT2D eigenvalue weighted by molar-refractivity contribution is -0.383. The van der Waals surface area contributed by atoms with Crippen molar-refractivity contribution in [1.29, 1.82) is 0 Å². The van der Waals surface area contributed by atoms with Crippen molar-refractivity contribution in [2.24, 2.45) is 0 Å². The fourth-order valence-corrected chi connectivity index (χ4v) is 2.74. The molecule has 0 unspecified atom stereocenters. The van der Waals surface area contributed by atoms with Crippen molar-refractivity contribution in [3.05, 3.63) is 63.0 Å². The van der Waals surface area contributed by atoms with Gasteiger partial charge in [-0.1, -0.05) is 6.07 Å². The zero-order chi connectivity index (χ0) is 12.5. The van der Waals surface area contributed by atoms with Crippen molar-refractivity contribution in [2.75, 3.05) is 0 Å². The molecule has 0 fully saturated rings. The molecule has 0 spiro atoms. The SMILES string of the molecule is O=[N+]([O-])c1cccc2c1ccn2Cc1ccsc1. The number of benzene rings is 1. The Labute approximate surface area is 107 Å². The summed E-state index contributed by atoms with van der Waals surface area (Å²) in [5, 5.41) is 15.7. The number of nitro groups is 1. The summed E-state index contributed by atoms with van der Waals surface area (Å²) in [6.07, 6.45) is 1.90. The van der Waals surface area contributed by atoms with Gasteiger partial charge in [0.05, 0.1) is 15.8 Å². The Morgan fingerprint density at radius 3 is 2.89 bits per heavy atom. The molecule has 18 heavy (non-hydrogen) atoms. The summed E-state index contributed by atoms with van der Waals surface area (Å²) in [7, 11) is 0. The molecule has 0 atom stereocenters. The average molecular weight is 258 g/mol. The van der Waals surface area contributed by atoms with E-state index in [1.807, 2.05) is 22.2 Å². The van der Waals surface area contributed by atoms with Crippen molar-refractivity contribution in [3.8, 4) is 0 Å². The fraction of sp³-hybridized carbons (Fsp3) is 0.0769. The lowest BCUT2D eigenvalue weighted by atomic mass is 10.2. The second-order valence-electron chi connectivity index (χ2n) is 4.04. The molecule has 2 aromatic heterocycles. The van der Waals surface area contributed by atoms with E-state index in [4.69, 9.17) is 0 Å². The third kappa shape index (κ3) is 1.78. The number of nitrogens with zero attached hydrogens (tertiary/aromatic N) is 2. The van der Waals surface area contributed by atoms with Gasteiger partial charge in [0.1, 0.15) is 0 Å². The molecule has 5 heteroatoms. The lowest BCUT2D eigenvalue weighted by Crippen LogP contribution is -1.96. The first kappa shape index (κ1) is 11.0. The smallest absolute Gasteiger partial charge is 0.278 e. The molecule has 0 saturated heterocycles. The van der Waals surface area contributed by atoms with E-state index in [-0.39, 0.29) is 10.6 Å². The number of hydrogen-bond acceptors (Lipinski definition) is 3. The van der Waals surface area contributed by atoms with E-state index in [0.29, 0.717) is 5.39 Å². The highest BCUT2D eigenvalue weighted by Crippen LogP contribution is 2.26. The zero-order valence-electron chi connectivity index (χ0n) is 9.45. The van der Waals surface area contributed by atoms with Gasteiger partial charge >= 0.3 is 0 Å². The molecule has 0 N–H and O–H groups in total. The number of non-ortho nitro benzene ring substituents is 1. The molecule has 0 aliphatic heterocycles. The topological polar surface area (TPSA) is 48.1 Å². The van der Waals surface area contributed by atoms with Crippen molar-refractivity contribution in [2.45, 2.75) is 6.54 Å². The summed E-state index contributed by atoms with van der Waals surface area (Å²) in [6, 6.07) is 9.05. The molecule has 3 aromatic rings. The minimum atomic E-state index is -0.336. The summed E-state index contributed by atoms with van der Waals surface area (Å²) in [6.45, 7) is 0.744. The number of aromatic nitrogens is 1. The molecule has 1 aromatic carbocycles.